The van der Waals surface area contributed by atoms with E-state index in [1.165, 1.54) is 18.2 Å². The van der Waals surface area contributed by atoms with E-state index in [2.05, 4.69) is 5.32 Å². The van der Waals surface area contributed by atoms with Gasteiger partial charge in [-0.25, -0.2) is 4.39 Å². The van der Waals surface area contributed by atoms with Gasteiger partial charge in [-0.05, 0) is 25.1 Å². The van der Waals surface area contributed by atoms with Crippen molar-refractivity contribution in [2.75, 3.05) is 13.2 Å². The Morgan fingerprint density at radius 2 is 2.36 bits per heavy atom. The number of benzene rings is 1. The molecule has 4 heteroatoms. The molecule has 0 spiro atoms. The summed E-state index contributed by atoms with van der Waals surface area (Å²) in [7, 11) is 0. The number of hydrogen-bond acceptors (Lipinski definition) is 3. The summed E-state index contributed by atoms with van der Waals surface area (Å²) in [5, 5.41) is 12.3. The minimum Gasteiger partial charge on any atom is -0.508 e. The molecule has 0 amide bonds. The number of ether oxygens (including phenoxy) is 1. The number of nitrogens with one attached hydrogen (secondary N) is 1. The Labute approximate surface area is 81.5 Å². The lowest BCUT2D eigenvalue weighted by Gasteiger charge is -2.27. The first-order valence-corrected chi connectivity index (χ1v) is 4.60. The summed E-state index contributed by atoms with van der Waals surface area (Å²) in [5.74, 6) is -0.316. The summed E-state index contributed by atoms with van der Waals surface area (Å²) in [6.07, 6.45) is 1.06. The molecule has 0 bridgehead atoms. The highest BCUT2D eigenvalue weighted by molar-refractivity contribution is 5.33. The number of aromatic hydroxyl groups is 1. The van der Waals surface area contributed by atoms with Crippen molar-refractivity contribution in [2.45, 2.75) is 12.5 Å². The van der Waals surface area contributed by atoms with E-state index in [1.54, 1.807) is 0 Å². The van der Waals surface area contributed by atoms with Crippen molar-refractivity contribution in [3.05, 3.63) is 24.0 Å². The summed E-state index contributed by atoms with van der Waals surface area (Å²) >= 11 is 0. The Kier molecular flexibility index (Phi) is 2.54. The van der Waals surface area contributed by atoms with Gasteiger partial charge in [0.25, 0.3) is 0 Å². The molecule has 2 rings (SSSR count). The number of phenolic OH excluding ortho intramolecular Hbond substituents is 1. The molecular formula is C10H12FNO2. The van der Waals surface area contributed by atoms with Crippen LogP contribution in [0.2, 0.25) is 0 Å². The predicted molar refractivity (Wildman–Crippen MR) is 50.0 cm³/mol. The molecule has 1 heterocycles. The maximum absolute atomic E-state index is 13.1. The van der Waals surface area contributed by atoms with E-state index in [9.17, 15) is 4.39 Å². The molecule has 0 saturated carbocycles. The van der Waals surface area contributed by atoms with Crippen LogP contribution in [0.1, 0.15) is 6.42 Å². The van der Waals surface area contributed by atoms with Gasteiger partial charge >= 0.3 is 0 Å². The average molecular weight is 197 g/mol. The quantitative estimate of drug-likeness (QED) is 0.766. The second-order valence-electron chi connectivity index (χ2n) is 3.37. The molecule has 1 aromatic carbocycles. The summed E-state index contributed by atoms with van der Waals surface area (Å²) in [6.45, 7) is 1.44. The van der Waals surface area contributed by atoms with Gasteiger partial charge in [0.15, 0.2) is 11.6 Å². The molecular weight excluding hydrogens is 185 g/mol. The molecule has 0 aromatic heterocycles. The molecule has 1 atom stereocenters. The lowest BCUT2D eigenvalue weighted by atomic mass is 10.1. The zero-order chi connectivity index (χ0) is 9.97. The van der Waals surface area contributed by atoms with Crippen LogP contribution in [0.4, 0.5) is 4.39 Å². The molecule has 14 heavy (non-hydrogen) atoms. The molecule has 76 valence electrons. The highest BCUT2D eigenvalue weighted by Gasteiger charge is 2.17. The Hall–Kier alpha value is -1.29. The zero-order valence-electron chi connectivity index (χ0n) is 7.66. The van der Waals surface area contributed by atoms with Crippen LogP contribution >= 0.6 is 0 Å². The number of rotatable bonds is 3. The number of phenols is 1. The van der Waals surface area contributed by atoms with Crippen molar-refractivity contribution in [3.63, 3.8) is 0 Å². The Morgan fingerprint density at radius 1 is 1.57 bits per heavy atom. The smallest absolute Gasteiger partial charge is 0.165 e. The first kappa shape index (κ1) is 9.27. The summed E-state index contributed by atoms with van der Waals surface area (Å²) in [4.78, 5) is 0. The van der Waals surface area contributed by atoms with Gasteiger partial charge in [-0.3, -0.25) is 0 Å². The highest BCUT2D eigenvalue weighted by atomic mass is 19.1. The molecule has 1 saturated heterocycles. The van der Waals surface area contributed by atoms with Crippen molar-refractivity contribution in [1.29, 1.82) is 0 Å². The Morgan fingerprint density at radius 3 is 3.00 bits per heavy atom. The fraction of sp³-hybridized carbons (Fsp3) is 0.400. The number of hydrogen-bond donors (Lipinski definition) is 2. The van der Waals surface area contributed by atoms with Crippen LogP contribution in [-0.4, -0.2) is 24.3 Å². The fourth-order valence-corrected chi connectivity index (χ4v) is 1.28. The van der Waals surface area contributed by atoms with Crippen LogP contribution in [0, 0.1) is 5.82 Å². The zero-order valence-corrected chi connectivity index (χ0v) is 7.66. The fourth-order valence-electron chi connectivity index (χ4n) is 1.28. The minimum absolute atomic E-state index is 0.0166. The van der Waals surface area contributed by atoms with Crippen molar-refractivity contribution in [3.8, 4) is 11.5 Å². The predicted octanol–water partition coefficient (Wildman–Crippen LogP) is 1.27. The monoisotopic (exact) mass is 197 g/mol. The molecule has 1 unspecified atom stereocenters. The Balaban J connectivity index is 1.96. The maximum Gasteiger partial charge on any atom is 0.165 e. The minimum atomic E-state index is -0.442. The maximum atomic E-state index is 13.1. The molecule has 1 aromatic rings. The van der Waals surface area contributed by atoms with Crippen LogP contribution in [0.15, 0.2) is 18.2 Å². The van der Waals surface area contributed by atoms with E-state index >= 15 is 0 Å². The van der Waals surface area contributed by atoms with E-state index in [1.807, 2.05) is 0 Å². The van der Waals surface area contributed by atoms with Gasteiger partial charge in [-0.15, -0.1) is 0 Å². The van der Waals surface area contributed by atoms with Crippen molar-refractivity contribution >= 4 is 0 Å². The largest absolute Gasteiger partial charge is 0.508 e. The second kappa shape index (κ2) is 3.84. The van der Waals surface area contributed by atoms with Gasteiger partial charge < -0.3 is 15.2 Å². The van der Waals surface area contributed by atoms with Gasteiger partial charge in [-0.2, -0.15) is 0 Å². The summed E-state index contributed by atoms with van der Waals surface area (Å²) < 4.78 is 18.3. The number of halogens is 1. The van der Waals surface area contributed by atoms with Crippen molar-refractivity contribution < 1.29 is 14.2 Å². The first-order chi connectivity index (χ1) is 6.75. The highest BCUT2D eigenvalue weighted by Crippen LogP contribution is 2.22. The van der Waals surface area contributed by atoms with Crippen LogP contribution in [0.25, 0.3) is 0 Å². The standard InChI is InChI=1S/C10H12FNO2/c11-9-2-1-8(13)5-10(9)14-6-7-3-4-12-7/h1-2,5,7,12-13H,3-4,6H2. The SMILES string of the molecule is Oc1ccc(F)c(OCC2CCN2)c1. The van der Waals surface area contributed by atoms with E-state index < -0.39 is 5.82 Å². The van der Waals surface area contributed by atoms with Crippen LogP contribution in [0.3, 0.4) is 0 Å². The van der Waals surface area contributed by atoms with E-state index in [-0.39, 0.29) is 11.5 Å². The lowest BCUT2D eigenvalue weighted by Crippen LogP contribution is -2.46. The first-order valence-electron chi connectivity index (χ1n) is 4.60. The normalized spacial score (nSPS) is 20.2. The van der Waals surface area contributed by atoms with E-state index in [4.69, 9.17) is 9.84 Å². The molecule has 3 nitrogen and oxygen atoms in total. The second-order valence-corrected chi connectivity index (χ2v) is 3.37. The van der Waals surface area contributed by atoms with E-state index in [0.717, 1.165) is 13.0 Å². The van der Waals surface area contributed by atoms with E-state index in [0.29, 0.717) is 12.6 Å². The van der Waals surface area contributed by atoms with Gasteiger partial charge in [0.05, 0.1) is 0 Å². The molecule has 0 aliphatic carbocycles. The molecule has 2 N–H and O–H groups in total. The average Bonchev–Trinajstić information content (AvgIpc) is 2.08. The van der Waals surface area contributed by atoms with Crippen LogP contribution < -0.4 is 10.1 Å². The van der Waals surface area contributed by atoms with Crippen molar-refractivity contribution in [2.24, 2.45) is 0 Å². The topological polar surface area (TPSA) is 41.5 Å². The summed E-state index contributed by atoms with van der Waals surface area (Å²) in [5.41, 5.74) is 0. The molecule has 0 radical (unpaired) electrons. The lowest BCUT2D eigenvalue weighted by molar-refractivity contribution is 0.210. The van der Waals surface area contributed by atoms with Gasteiger partial charge in [0.2, 0.25) is 0 Å². The van der Waals surface area contributed by atoms with Gasteiger partial charge in [0.1, 0.15) is 12.4 Å². The van der Waals surface area contributed by atoms with Gasteiger partial charge in [0, 0.05) is 12.1 Å². The van der Waals surface area contributed by atoms with Crippen LogP contribution in [0.5, 0.6) is 11.5 Å². The van der Waals surface area contributed by atoms with Crippen molar-refractivity contribution in [1.82, 2.24) is 5.32 Å². The van der Waals surface area contributed by atoms with Gasteiger partial charge in [-0.1, -0.05) is 0 Å². The molecule has 1 aliphatic heterocycles. The molecule has 1 aliphatic rings. The summed E-state index contributed by atoms with van der Waals surface area (Å²) in [6, 6.07) is 4.09. The third-order valence-corrected chi connectivity index (χ3v) is 2.28. The third kappa shape index (κ3) is 1.96. The molecule has 1 fully saturated rings. The van der Waals surface area contributed by atoms with Crippen LogP contribution in [-0.2, 0) is 0 Å². The Bertz CT molecular complexity index is 326. The third-order valence-electron chi connectivity index (χ3n) is 2.28.